The minimum atomic E-state index is -0.648. The SMILES string of the molecule is CCN(CC)CCN1C(=O)C(=O)C(=C(O)c2ccc(OCc3ccccc3)cc2)[C@@H]1c1cccs1. The molecular formula is C28H30N2O4S. The highest BCUT2D eigenvalue weighted by Crippen LogP contribution is 2.41. The van der Waals surface area contributed by atoms with Gasteiger partial charge in [-0.25, -0.2) is 0 Å². The molecule has 1 N–H and O–H groups in total. The highest BCUT2D eigenvalue weighted by atomic mass is 32.1. The zero-order valence-electron chi connectivity index (χ0n) is 20.0. The number of aliphatic hydroxyl groups excluding tert-OH is 1. The number of aliphatic hydroxyl groups is 1. The molecule has 2 aromatic carbocycles. The van der Waals surface area contributed by atoms with Gasteiger partial charge in [-0.2, -0.15) is 0 Å². The monoisotopic (exact) mass is 490 g/mol. The summed E-state index contributed by atoms with van der Waals surface area (Å²) in [5, 5.41) is 13.1. The van der Waals surface area contributed by atoms with Gasteiger partial charge >= 0.3 is 0 Å². The van der Waals surface area contributed by atoms with Gasteiger partial charge in [-0.05, 0) is 54.4 Å². The molecule has 35 heavy (non-hydrogen) atoms. The molecule has 1 amide bonds. The fourth-order valence-electron chi connectivity index (χ4n) is 4.25. The summed E-state index contributed by atoms with van der Waals surface area (Å²) in [5.74, 6) is -0.730. The second-order valence-corrected chi connectivity index (χ2v) is 9.31. The van der Waals surface area contributed by atoms with Gasteiger partial charge in [0, 0.05) is 23.5 Å². The molecule has 1 atom stereocenters. The molecule has 4 rings (SSSR count). The smallest absolute Gasteiger partial charge is 0.295 e. The Labute approximate surface area is 210 Å². The number of likely N-dealkylation sites (tertiary alicyclic amines) is 1. The van der Waals surface area contributed by atoms with Crippen molar-refractivity contribution in [1.82, 2.24) is 9.80 Å². The van der Waals surface area contributed by atoms with Crippen LogP contribution in [0.15, 0.2) is 77.7 Å². The van der Waals surface area contributed by atoms with Gasteiger partial charge in [0.1, 0.15) is 18.1 Å². The van der Waals surface area contributed by atoms with Crippen LogP contribution < -0.4 is 4.74 Å². The van der Waals surface area contributed by atoms with E-state index >= 15 is 0 Å². The Morgan fingerprint density at radius 2 is 1.71 bits per heavy atom. The number of rotatable bonds is 10. The van der Waals surface area contributed by atoms with Gasteiger partial charge in [0.05, 0.1) is 11.6 Å². The van der Waals surface area contributed by atoms with Crippen molar-refractivity contribution in [1.29, 1.82) is 0 Å². The summed E-state index contributed by atoms with van der Waals surface area (Å²) >= 11 is 1.47. The van der Waals surface area contributed by atoms with Crippen molar-refractivity contribution in [3.63, 3.8) is 0 Å². The molecule has 1 aromatic heterocycles. The van der Waals surface area contributed by atoms with E-state index in [-0.39, 0.29) is 11.3 Å². The highest BCUT2D eigenvalue weighted by molar-refractivity contribution is 7.10. The largest absolute Gasteiger partial charge is 0.507 e. The molecule has 0 aliphatic carbocycles. The molecule has 1 saturated heterocycles. The minimum absolute atomic E-state index is 0.134. The number of ether oxygens (including phenoxy) is 1. The summed E-state index contributed by atoms with van der Waals surface area (Å²) in [6, 6.07) is 20.0. The minimum Gasteiger partial charge on any atom is -0.507 e. The van der Waals surface area contributed by atoms with Crippen molar-refractivity contribution >= 4 is 28.8 Å². The van der Waals surface area contributed by atoms with E-state index in [1.165, 1.54) is 11.3 Å². The lowest BCUT2D eigenvalue weighted by molar-refractivity contribution is -0.140. The first-order valence-electron chi connectivity index (χ1n) is 11.8. The van der Waals surface area contributed by atoms with Gasteiger partial charge in [-0.1, -0.05) is 50.2 Å². The van der Waals surface area contributed by atoms with Crippen LogP contribution in [-0.2, 0) is 16.2 Å². The average molecular weight is 491 g/mol. The number of carbonyl (C=O) groups excluding carboxylic acids is 2. The van der Waals surface area contributed by atoms with Gasteiger partial charge in [0.25, 0.3) is 11.7 Å². The fourth-order valence-corrected chi connectivity index (χ4v) is 5.09. The zero-order chi connectivity index (χ0) is 24.8. The topological polar surface area (TPSA) is 70.1 Å². The lowest BCUT2D eigenvalue weighted by atomic mass is 10.00. The Kier molecular flexibility index (Phi) is 8.00. The Hall–Kier alpha value is -3.42. The molecule has 1 aliphatic heterocycles. The van der Waals surface area contributed by atoms with Crippen LogP contribution in [0, 0.1) is 0 Å². The number of carbonyl (C=O) groups is 2. The van der Waals surface area contributed by atoms with Gasteiger partial charge in [-0.3, -0.25) is 9.59 Å². The predicted octanol–water partition coefficient (Wildman–Crippen LogP) is 5.09. The van der Waals surface area contributed by atoms with E-state index in [1.807, 2.05) is 47.8 Å². The number of benzene rings is 2. The molecule has 2 heterocycles. The summed E-state index contributed by atoms with van der Waals surface area (Å²) < 4.78 is 5.83. The van der Waals surface area contributed by atoms with E-state index in [0.717, 1.165) is 23.5 Å². The van der Waals surface area contributed by atoms with Crippen molar-refractivity contribution in [3.05, 3.63) is 93.7 Å². The third kappa shape index (κ3) is 5.47. The van der Waals surface area contributed by atoms with E-state index in [1.54, 1.807) is 29.2 Å². The third-order valence-electron chi connectivity index (χ3n) is 6.28. The molecular weight excluding hydrogens is 460 g/mol. The van der Waals surface area contributed by atoms with Crippen LogP contribution in [0.25, 0.3) is 5.76 Å². The molecule has 3 aromatic rings. The lowest BCUT2D eigenvalue weighted by Gasteiger charge is -2.27. The summed E-state index contributed by atoms with van der Waals surface area (Å²) in [6.45, 7) is 7.38. The van der Waals surface area contributed by atoms with Crippen LogP contribution in [0.5, 0.6) is 5.75 Å². The summed E-state index contributed by atoms with van der Waals surface area (Å²) in [6.07, 6.45) is 0. The number of ketones is 1. The number of likely N-dealkylation sites (N-methyl/N-ethyl adjacent to an activating group) is 1. The molecule has 0 radical (unpaired) electrons. The van der Waals surface area contributed by atoms with Crippen LogP contribution in [0.4, 0.5) is 0 Å². The van der Waals surface area contributed by atoms with E-state index in [2.05, 4.69) is 18.7 Å². The standard InChI is InChI=1S/C28H30N2O4S/c1-3-29(4-2)16-17-30-25(23-11-8-18-35-23)24(27(32)28(30)33)26(31)21-12-14-22(15-13-21)34-19-20-9-6-5-7-10-20/h5-15,18,25,31H,3-4,16-17,19H2,1-2H3/t25-/m0/s1. The molecule has 0 saturated carbocycles. The average Bonchev–Trinajstić information content (AvgIpc) is 3.51. The molecule has 182 valence electrons. The maximum Gasteiger partial charge on any atom is 0.295 e. The first-order chi connectivity index (χ1) is 17.0. The second-order valence-electron chi connectivity index (χ2n) is 8.33. The molecule has 6 nitrogen and oxygen atoms in total. The molecule has 0 spiro atoms. The fraction of sp³-hybridized carbons (Fsp3) is 0.286. The van der Waals surface area contributed by atoms with Crippen LogP contribution in [0.1, 0.15) is 35.9 Å². The number of amides is 1. The van der Waals surface area contributed by atoms with Crippen molar-refractivity contribution in [2.75, 3.05) is 26.2 Å². The number of thiophene rings is 1. The summed E-state index contributed by atoms with van der Waals surface area (Å²) in [4.78, 5) is 30.8. The van der Waals surface area contributed by atoms with Crippen LogP contribution in [0.3, 0.4) is 0 Å². The Balaban J connectivity index is 1.60. The zero-order valence-corrected chi connectivity index (χ0v) is 20.8. The van der Waals surface area contributed by atoms with Crippen molar-refractivity contribution in [2.24, 2.45) is 0 Å². The van der Waals surface area contributed by atoms with Crippen LogP contribution in [-0.4, -0.2) is 52.8 Å². The second kappa shape index (κ2) is 11.3. The maximum atomic E-state index is 13.1. The van der Waals surface area contributed by atoms with Crippen molar-refractivity contribution in [2.45, 2.75) is 26.5 Å². The summed E-state index contributed by atoms with van der Waals surface area (Å²) in [7, 11) is 0. The number of hydrogen-bond acceptors (Lipinski definition) is 6. The lowest BCUT2D eigenvalue weighted by Crippen LogP contribution is -2.37. The van der Waals surface area contributed by atoms with Gasteiger partial charge < -0.3 is 19.6 Å². The predicted molar refractivity (Wildman–Crippen MR) is 138 cm³/mol. The number of hydrogen-bond donors (Lipinski definition) is 1. The van der Waals surface area contributed by atoms with E-state index in [9.17, 15) is 14.7 Å². The van der Waals surface area contributed by atoms with E-state index in [0.29, 0.717) is 31.0 Å². The van der Waals surface area contributed by atoms with Gasteiger partial charge in [0.2, 0.25) is 0 Å². The quantitative estimate of drug-likeness (QED) is 0.244. The normalized spacial score (nSPS) is 17.3. The van der Waals surface area contributed by atoms with Gasteiger partial charge in [0.15, 0.2) is 0 Å². The van der Waals surface area contributed by atoms with Crippen LogP contribution in [0.2, 0.25) is 0 Å². The molecule has 1 aliphatic rings. The van der Waals surface area contributed by atoms with E-state index in [4.69, 9.17) is 4.74 Å². The Morgan fingerprint density at radius 3 is 2.34 bits per heavy atom. The number of nitrogens with zero attached hydrogens (tertiary/aromatic N) is 2. The first kappa shape index (κ1) is 24.7. The highest BCUT2D eigenvalue weighted by Gasteiger charge is 2.46. The first-order valence-corrected chi connectivity index (χ1v) is 12.7. The Morgan fingerprint density at radius 1 is 1.00 bits per heavy atom. The Bertz CT molecular complexity index is 1170. The molecule has 1 fully saturated rings. The van der Waals surface area contributed by atoms with Crippen LogP contribution >= 0.6 is 11.3 Å². The molecule has 0 unspecified atom stereocenters. The van der Waals surface area contributed by atoms with Crippen molar-refractivity contribution < 1.29 is 19.4 Å². The number of Topliss-reactive ketones (excluding diaryl/α,β-unsaturated/α-hetero) is 1. The van der Waals surface area contributed by atoms with E-state index < -0.39 is 17.7 Å². The molecule has 7 heteroatoms. The summed E-state index contributed by atoms with van der Waals surface area (Å²) in [5.41, 5.74) is 1.66. The molecule has 0 bridgehead atoms. The third-order valence-corrected chi connectivity index (χ3v) is 7.21. The van der Waals surface area contributed by atoms with Gasteiger partial charge in [-0.15, -0.1) is 11.3 Å². The maximum absolute atomic E-state index is 13.1. The van der Waals surface area contributed by atoms with Crippen molar-refractivity contribution in [3.8, 4) is 5.75 Å².